The number of aliphatic hydroxyl groups is 2. The average molecular weight is 438 g/mol. The van der Waals surface area contributed by atoms with Crippen molar-refractivity contribution in [3.8, 4) is 5.75 Å². The van der Waals surface area contributed by atoms with E-state index in [1.165, 1.54) is 12.1 Å². The number of alkyl halides is 3. The highest BCUT2D eigenvalue weighted by molar-refractivity contribution is 5.30. The summed E-state index contributed by atoms with van der Waals surface area (Å²) in [7, 11) is 0. The molecule has 3 N–H and O–H groups in total. The number of nitrogens with one attached hydrogen (secondary N) is 1. The SMILES string of the molecule is OC1CCN(CC(O)COc2cccc(CNCc3ccccc3C(F)(F)F)c2)CC1. The number of aliphatic hydroxyl groups excluding tert-OH is 2. The second kappa shape index (κ2) is 10.9. The fourth-order valence-electron chi connectivity index (χ4n) is 3.68. The summed E-state index contributed by atoms with van der Waals surface area (Å²) >= 11 is 0. The van der Waals surface area contributed by atoms with Gasteiger partial charge < -0.3 is 25.2 Å². The number of benzene rings is 2. The quantitative estimate of drug-likeness (QED) is 0.561. The molecule has 1 fully saturated rings. The van der Waals surface area contributed by atoms with Gasteiger partial charge in [-0.15, -0.1) is 0 Å². The van der Waals surface area contributed by atoms with E-state index in [0.717, 1.165) is 37.6 Å². The van der Waals surface area contributed by atoms with E-state index in [0.29, 0.717) is 18.8 Å². The van der Waals surface area contributed by atoms with E-state index in [1.54, 1.807) is 12.1 Å². The molecular formula is C23H29F3N2O3. The first-order valence-corrected chi connectivity index (χ1v) is 10.5. The lowest BCUT2D eigenvalue weighted by molar-refractivity contribution is -0.138. The van der Waals surface area contributed by atoms with Crippen molar-refractivity contribution in [2.24, 2.45) is 0 Å². The maximum atomic E-state index is 13.1. The number of halogens is 3. The van der Waals surface area contributed by atoms with Gasteiger partial charge in [-0.2, -0.15) is 13.2 Å². The Morgan fingerprint density at radius 1 is 1.06 bits per heavy atom. The third-order valence-corrected chi connectivity index (χ3v) is 5.33. The Kier molecular flexibility index (Phi) is 8.31. The Bertz CT molecular complexity index is 824. The highest BCUT2D eigenvalue weighted by Crippen LogP contribution is 2.31. The molecule has 0 aliphatic carbocycles. The second-order valence-corrected chi connectivity index (χ2v) is 7.90. The van der Waals surface area contributed by atoms with Crippen LogP contribution in [0.15, 0.2) is 48.5 Å². The molecule has 170 valence electrons. The number of likely N-dealkylation sites (tertiary alicyclic amines) is 1. The predicted octanol–water partition coefficient (Wildman–Crippen LogP) is 3.19. The molecule has 1 atom stereocenters. The number of piperidine rings is 1. The van der Waals surface area contributed by atoms with Crippen LogP contribution in [0.3, 0.4) is 0 Å². The smallest absolute Gasteiger partial charge is 0.416 e. The molecule has 31 heavy (non-hydrogen) atoms. The van der Waals surface area contributed by atoms with Crippen molar-refractivity contribution in [2.45, 2.75) is 44.3 Å². The van der Waals surface area contributed by atoms with Crippen LogP contribution in [0.1, 0.15) is 29.5 Å². The van der Waals surface area contributed by atoms with Gasteiger partial charge in [0.2, 0.25) is 0 Å². The zero-order valence-electron chi connectivity index (χ0n) is 17.3. The number of nitrogens with zero attached hydrogens (tertiary/aromatic N) is 1. The highest BCUT2D eigenvalue weighted by Gasteiger charge is 2.32. The summed E-state index contributed by atoms with van der Waals surface area (Å²) < 4.78 is 45.0. The largest absolute Gasteiger partial charge is 0.491 e. The monoisotopic (exact) mass is 438 g/mol. The highest BCUT2D eigenvalue weighted by atomic mass is 19.4. The first-order valence-electron chi connectivity index (χ1n) is 10.5. The molecule has 2 aromatic carbocycles. The molecule has 5 nitrogen and oxygen atoms in total. The molecule has 1 aliphatic heterocycles. The number of β-amino-alcohol motifs (C(OH)–C–C–N with tert-alkyl or cyclic N) is 1. The zero-order chi connectivity index (χ0) is 22.3. The minimum atomic E-state index is -4.37. The third kappa shape index (κ3) is 7.50. The maximum Gasteiger partial charge on any atom is 0.416 e. The number of hydrogen-bond donors (Lipinski definition) is 3. The summed E-state index contributed by atoms with van der Waals surface area (Å²) in [6, 6.07) is 12.8. The number of rotatable bonds is 9. The van der Waals surface area contributed by atoms with E-state index in [4.69, 9.17) is 4.74 Å². The van der Waals surface area contributed by atoms with Gasteiger partial charge in [-0.1, -0.05) is 30.3 Å². The number of hydrogen-bond acceptors (Lipinski definition) is 5. The maximum absolute atomic E-state index is 13.1. The predicted molar refractivity (Wildman–Crippen MR) is 112 cm³/mol. The Morgan fingerprint density at radius 2 is 1.81 bits per heavy atom. The molecule has 0 aromatic heterocycles. The van der Waals surface area contributed by atoms with E-state index >= 15 is 0 Å². The molecule has 2 aromatic rings. The molecular weight excluding hydrogens is 409 g/mol. The van der Waals surface area contributed by atoms with Crippen molar-refractivity contribution >= 4 is 0 Å². The molecule has 8 heteroatoms. The Labute approximate surface area is 180 Å². The standard InChI is InChI=1S/C23H29F3N2O3/c24-23(25,26)22-7-2-1-5-18(22)14-27-13-17-4-3-6-21(12-17)31-16-20(30)15-28-10-8-19(29)9-11-28/h1-7,12,19-20,27,29-30H,8-11,13-16H2. The van der Waals surface area contributed by atoms with Crippen LogP contribution in [0, 0.1) is 0 Å². The van der Waals surface area contributed by atoms with Crippen LogP contribution in [-0.2, 0) is 19.3 Å². The van der Waals surface area contributed by atoms with Gasteiger partial charge in [0.1, 0.15) is 18.5 Å². The van der Waals surface area contributed by atoms with Gasteiger partial charge in [0.05, 0.1) is 11.7 Å². The van der Waals surface area contributed by atoms with Gasteiger partial charge in [-0.25, -0.2) is 0 Å². The molecule has 0 amide bonds. The van der Waals surface area contributed by atoms with Gasteiger partial charge in [-0.3, -0.25) is 0 Å². The van der Waals surface area contributed by atoms with Crippen molar-refractivity contribution in [3.05, 3.63) is 65.2 Å². The van der Waals surface area contributed by atoms with Crippen LogP contribution in [0.25, 0.3) is 0 Å². The van der Waals surface area contributed by atoms with Crippen molar-refractivity contribution in [3.63, 3.8) is 0 Å². The van der Waals surface area contributed by atoms with Gasteiger partial charge in [0.15, 0.2) is 0 Å². The third-order valence-electron chi connectivity index (χ3n) is 5.33. The van der Waals surface area contributed by atoms with Gasteiger partial charge in [0, 0.05) is 32.7 Å². The fraction of sp³-hybridized carbons (Fsp3) is 0.478. The van der Waals surface area contributed by atoms with E-state index in [9.17, 15) is 23.4 Å². The van der Waals surface area contributed by atoms with Crippen LogP contribution in [0.5, 0.6) is 5.75 Å². The molecule has 1 unspecified atom stereocenters. The lowest BCUT2D eigenvalue weighted by Crippen LogP contribution is -2.41. The molecule has 0 bridgehead atoms. The molecule has 1 heterocycles. The van der Waals surface area contributed by atoms with Crippen LogP contribution in [0.4, 0.5) is 13.2 Å². The van der Waals surface area contributed by atoms with Crippen LogP contribution in [0.2, 0.25) is 0 Å². The van der Waals surface area contributed by atoms with Gasteiger partial charge in [-0.05, 0) is 42.2 Å². The zero-order valence-corrected chi connectivity index (χ0v) is 17.3. The van der Waals surface area contributed by atoms with E-state index in [-0.39, 0.29) is 24.8 Å². The summed E-state index contributed by atoms with van der Waals surface area (Å²) in [6.45, 7) is 2.65. The number of ether oxygens (including phenoxy) is 1. The Hall–Kier alpha value is -2.13. The molecule has 0 spiro atoms. The van der Waals surface area contributed by atoms with E-state index in [1.807, 2.05) is 18.2 Å². The van der Waals surface area contributed by atoms with E-state index < -0.39 is 17.8 Å². The Balaban J connectivity index is 1.45. The van der Waals surface area contributed by atoms with Crippen molar-refractivity contribution < 1.29 is 28.1 Å². The van der Waals surface area contributed by atoms with Crippen LogP contribution >= 0.6 is 0 Å². The fourth-order valence-corrected chi connectivity index (χ4v) is 3.68. The minimum Gasteiger partial charge on any atom is -0.491 e. The second-order valence-electron chi connectivity index (χ2n) is 7.90. The molecule has 0 saturated carbocycles. The normalized spacial score (nSPS) is 16.9. The lowest BCUT2D eigenvalue weighted by Gasteiger charge is -2.30. The summed E-state index contributed by atoms with van der Waals surface area (Å²) in [6.07, 6.45) is -3.83. The van der Waals surface area contributed by atoms with Gasteiger partial charge in [0.25, 0.3) is 0 Å². The average Bonchev–Trinajstić information content (AvgIpc) is 2.74. The lowest BCUT2D eigenvalue weighted by atomic mass is 10.1. The minimum absolute atomic E-state index is 0.101. The first kappa shape index (κ1) is 23.5. The molecule has 1 saturated heterocycles. The molecule has 0 radical (unpaired) electrons. The summed E-state index contributed by atoms with van der Waals surface area (Å²) in [5.41, 5.74) is 0.453. The van der Waals surface area contributed by atoms with Crippen LogP contribution in [-0.4, -0.2) is 53.6 Å². The summed E-state index contributed by atoms with van der Waals surface area (Å²) in [5.74, 6) is 0.600. The van der Waals surface area contributed by atoms with Gasteiger partial charge >= 0.3 is 6.18 Å². The van der Waals surface area contributed by atoms with Crippen molar-refractivity contribution in [1.82, 2.24) is 10.2 Å². The van der Waals surface area contributed by atoms with E-state index in [2.05, 4.69) is 10.2 Å². The molecule has 1 aliphatic rings. The van der Waals surface area contributed by atoms with Crippen molar-refractivity contribution in [2.75, 3.05) is 26.2 Å². The summed E-state index contributed by atoms with van der Waals surface area (Å²) in [4.78, 5) is 2.11. The van der Waals surface area contributed by atoms with Crippen LogP contribution < -0.4 is 10.1 Å². The first-order chi connectivity index (χ1) is 14.8. The van der Waals surface area contributed by atoms with Crippen molar-refractivity contribution in [1.29, 1.82) is 0 Å². The Morgan fingerprint density at radius 3 is 2.55 bits per heavy atom. The summed E-state index contributed by atoms with van der Waals surface area (Å²) in [5, 5.41) is 22.8. The molecule has 3 rings (SSSR count). The topological polar surface area (TPSA) is 65.0 Å².